The molecule has 0 amide bonds. The Morgan fingerprint density at radius 3 is 2.75 bits per heavy atom. The number of fused-ring (bicyclic) bond motifs is 1. The molecule has 110 valence electrons. The molecule has 1 saturated carbocycles. The second-order valence-electron chi connectivity index (χ2n) is 6.09. The van der Waals surface area contributed by atoms with Gasteiger partial charge in [0.25, 0.3) is 0 Å². The number of benzene rings is 1. The molecule has 0 bridgehead atoms. The summed E-state index contributed by atoms with van der Waals surface area (Å²) in [6, 6.07) is 9.28. The maximum absolute atomic E-state index is 5.83. The predicted molar refractivity (Wildman–Crippen MR) is 82.2 cm³/mol. The van der Waals surface area contributed by atoms with E-state index < -0.39 is 0 Å². The number of hydrogen-bond acceptors (Lipinski definition) is 3. The van der Waals surface area contributed by atoms with E-state index in [2.05, 4.69) is 29.2 Å². The second kappa shape index (κ2) is 6.59. The van der Waals surface area contributed by atoms with Gasteiger partial charge in [-0.1, -0.05) is 31.0 Å². The SMILES string of the molecule is NCCN(CC1CCOc2ccccc21)C1CCCC1. The molecule has 20 heavy (non-hydrogen) atoms. The molecule has 1 aromatic rings. The minimum absolute atomic E-state index is 0.604. The first-order valence-corrected chi connectivity index (χ1v) is 8.04. The van der Waals surface area contributed by atoms with Crippen LogP contribution < -0.4 is 10.5 Å². The Morgan fingerprint density at radius 1 is 1.15 bits per heavy atom. The predicted octanol–water partition coefficient (Wildman–Crippen LogP) is 2.76. The van der Waals surface area contributed by atoms with Crippen molar-refractivity contribution in [1.29, 1.82) is 0 Å². The van der Waals surface area contributed by atoms with Crippen molar-refractivity contribution in [2.24, 2.45) is 5.73 Å². The third kappa shape index (κ3) is 2.99. The summed E-state index contributed by atoms with van der Waals surface area (Å²) in [5, 5.41) is 0. The van der Waals surface area contributed by atoms with Gasteiger partial charge in [-0.05, 0) is 30.9 Å². The molecule has 0 radical (unpaired) electrons. The van der Waals surface area contributed by atoms with Crippen LogP contribution in [0, 0.1) is 0 Å². The molecule has 1 aromatic carbocycles. The molecule has 2 N–H and O–H groups in total. The van der Waals surface area contributed by atoms with Crippen LogP contribution in [-0.2, 0) is 0 Å². The van der Waals surface area contributed by atoms with Crippen molar-refractivity contribution < 1.29 is 4.74 Å². The summed E-state index contributed by atoms with van der Waals surface area (Å²) in [6.45, 7) is 3.79. The Bertz CT molecular complexity index is 429. The van der Waals surface area contributed by atoms with Crippen LogP contribution in [-0.4, -0.2) is 37.2 Å². The Labute approximate surface area is 122 Å². The van der Waals surface area contributed by atoms with E-state index in [1.807, 2.05) is 0 Å². The summed E-state index contributed by atoms with van der Waals surface area (Å²) < 4.78 is 5.78. The number of para-hydroxylation sites is 1. The normalized spacial score (nSPS) is 22.8. The van der Waals surface area contributed by atoms with E-state index in [-0.39, 0.29) is 0 Å². The highest BCUT2D eigenvalue weighted by Gasteiger charge is 2.27. The fourth-order valence-electron chi connectivity index (χ4n) is 3.75. The van der Waals surface area contributed by atoms with Gasteiger partial charge in [0.1, 0.15) is 5.75 Å². The number of ether oxygens (including phenoxy) is 1. The van der Waals surface area contributed by atoms with Crippen LogP contribution in [0.5, 0.6) is 5.75 Å². The summed E-state index contributed by atoms with van der Waals surface area (Å²) >= 11 is 0. The van der Waals surface area contributed by atoms with Gasteiger partial charge < -0.3 is 10.5 Å². The molecular weight excluding hydrogens is 248 g/mol. The van der Waals surface area contributed by atoms with E-state index in [4.69, 9.17) is 10.5 Å². The third-order valence-corrected chi connectivity index (χ3v) is 4.80. The number of nitrogens with two attached hydrogens (primary N) is 1. The molecule has 1 heterocycles. The van der Waals surface area contributed by atoms with E-state index in [9.17, 15) is 0 Å². The quantitative estimate of drug-likeness (QED) is 0.897. The first kappa shape index (κ1) is 13.9. The molecule has 0 spiro atoms. The smallest absolute Gasteiger partial charge is 0.122 e. The van der Waals surface area contributed by atoms with Gasteiger partial charge in [-0.25, -0.2) is 0 Å². The van der Waals surface area contributed by atoms with E-state index in [0.717, 1.165) is 44.5 Å². The van der Waals surface area contributed by atoms with E-state index in [1.54, 1.807) is 0 Å². The molecule has 3 heteroatoms. The zero-order valence-electron chi connectivity index (χ0n) is 12.3. The largest absolute Gasteiger partial charge is 0.493 e. The molecule has 0 aromatic heterocycles. The second-order valence-corrected chi connectivity index (χ2v) is 6.09. The lowest BCUT2D eigenvalue weighted by atomic mass is 9.92. The Hall–Kier alpha value is -1.06. The topological polar surface area (TPSA) is 38.5 Å². The molecule has 1 unspecified atom stereocenters. The molecule has 1 aliphatic heterocycles. The highest BCUT2D eigenvalue weighted by molar-refractivity contribution is 5.37. The van der Waals surface area contributed by atoms with Gasteiger partial charge in [-0.15, -0.1) is 0 Å². The van der Waals surface area contributed by atoms with E-state index in [0.29, 0.717) is 5.92 Å². The Balaban J connectivity index is 1.72. The summed E-state index contributed by atoms with van der Waals surface area (Å²) in [6.07, 6.45) is 6.60. The maximum Gasteiger partial charge on any atom is 0.122 e. The zero-order chi connectivity index (χ0) is 13.8. The lowest BCUT2D eigenvalue weighted by Gasteiger charge is -2.34. The highest BCUT2D eigenvalue weighted by Crippen LogP contribution is 2.35. The number of hydrogen-bond donors (Lipinski definition) is 1. The van der Waals surface area contributed by atoms with Crippen molar-refractivity contribution in [2.75, 3.05) is 26.2 Å². The monoisotopic (exact) mass is 274 g/mol. The average Bonchev–Trinajstić information content (AvgIpc) is 3.01. The molecule has 1 atom stereocenters. The molecular formula is C17H26N2O. The molecule has 0 saturated heterocycles. The van der Waals surface area contributed by atoms with Crippen LogP contribution in [0.15, 0.2) is 24.3 Å². The Morgan fingerprint density at radius 2 is 1.95 bits per heavy atom. The van der Waals surface area contributed by atoms with Crippen molar-refractivity contribution in [3.05, 3.63) is 29.8 Å². The summed E-state index contributed by atoms with van der Waals surface area (Å²) in [7, 11) is 0. The van der Waals surface area contributed by atoms with Crippen molar-refractivity contribution in [3.8, 4) is 5.75 Å². The van der Waals surface area contributed by atoms with Gasteiger partial charge in [0.15, 0.2) is 0 Å². The van der Waals surface area contributed by atoms with Crippen molar-refractivity contribution in [1.82, 2.24) is 4.90 Å². The van der Waals surface area contributed by atoms with Gasteiger partial charge in [-0.2, -0.15) is 0 Å². The lowest BCUT2D eigenvalue weighted by Crippen LogP contribution is -2.40. The van der Waals surface area contributed by atoms with Crippen LogP contribution in [0.2, 0.25) is 0 Å². The number of rotatable bonds is 5. The van der Waals surface area contributed by atoms with Gasteiger partial charge in [0.2, 0.25) is 0 Å². The Kier molecular flexibility index (Phi) is 4.58. The van der Waals surface area contributed by atoms with Gasteiger partial charge in [-0.3, -0.25) is 4.90 Å². The van der Waals surface area contributed by atoms with Crippen LogP contribution >= 0.6 is 0 Å². The summed E-state index contributed by atoms with van der Waals surface area (Å²) in [5.41, 5.74) is 7.22. The van der Waals surface area contributed by atoms with Gasteiger partial charge in [0.05, 0.1) is 6.61 Å². The van der Waals surface area contributed by atoms with Gasteiger partial charge in [0, 0.05) is 31.6 Å². The third-order valence-electron chi connectivity index (χ3n) is 4.80. The van der Waals surface area contributed by atoms with Crippen LogP contribution in [0.3, 0.4) is 0 Å². The standard InChI is InChI=1S/C17H26N2O/c18-10-11-19(15-5-1-2-6-15)13-14-9-12-20-17-8-4-3-7-16(14)17/h3-4,7-8,14-15H,1-2,5-6,9-13,18H2. The summed E-state index contributed by atoms with van der Waals surface area (Å²) in [5.74, 6) is 1.69. The fraction of sp³-hybridized carbons (Fsp3) is 0.647. The average molecular weight is 274 g/mol. The first-order chi connectivity index (χ1) is 9.88. The van der Waals surface area contributed by atoms with E-state index in [1.165, 1.54) is 31.2 Å². The van der Waals surface area contributed by atoms with Crippen molar-refractivity contribution >= 4 is 0 Å². The highest BCUT2D eigenvalue weighted by atomic mass is 16.5. The first-order valence-electron chi connectivity index (χ1n) is 8.04. The molecule has 3 nitrogen and oxygen atoms in total. The van der Waals surface area contributed by atoms with Crippen LogP contribution in [0.25, 0.3) is 0 Å². The molecule has 1 fully saturated rings. The summed E-state index contributed by atoms with van der Waals surface area (Å²) in [4.78, 5) is 2.64. The zero-order valence-corrected chi connectivity index (χ0v) is 12.3. The lowest BCUT2D eigenvalue weighted by molar-refractivity contribution is 0.169. The molecule has 1 aliphatic carbocycles. The molecule has 2 aliphatic rings. The van der Waals surface area contributed by atoms with Crippen molar-refractivity contribution in [2.45, 2.75) is 44.1 Å². The minimum atomic E-state index is 0.604. The fourth-order valence-corrected chi connectivity index (χ4v) is 3.75. The van der Waals surface area contributed by atoms with Crippen LogP contribution in [0.1, 0.15) is 43.6 Å². The number of nitrogens with zero attached hydrogens (tertiary/aromatic N) is 1. The van der Waals surface area contributed by atoms with Crippen molar-refractivity contribution in [3.63, 3.8) is 0 Å². The minimum Gasteiger partial charge on any atom is -0.493 e. The van der Waals surface area contributed by atoms with E-state index >= 15 is 0 Å². The van der Waals surface area contributed by atoms with Gasteiger partial charge >= 0.3 is 0 Å². The molecule has 3 rings (SSSR count). The maximum atomic E-state index is 5.83. The van der Waals surface area contributed by atoms with Crippen LogP contribution in [0.4, 0.5) is 0 Å².